The molecule has 1 N–H and O–H groups in total. The van der Waals surface area contributed by atoms with Gasteiger partial charge in [0.05, 0.1) is 5.57 Å². The highest BCUT2D eigenvalue weighted by Gasteiger charge is 2.58. The Morgan fingerprint density at radius 1 is 1.08 bits per heavy atom. The van der Waals surface area contributed by atoms with Crippen molar-refractivity contribution in [3.05, 3.63) is 23.3 Å². The monoisotopic (exact) mass is 538 g/mol. The van der Waals surface area contributed by atoms with Crippen molar-refractivity contribution in [2.75, 3.05) is 0 Å². The lowest BCUT2D eigenvalue weighted by molar-refractivity contribution is -0.124. The summed E-state index contributed by atoms with van der Waals surface area (Å²) >= 11 is 0. The van der Waals surface area contributed by atoms with E-state index < -0.39 is 5.41 Å². The summed E-state index contributed by atoms with van der Waals surface area (Å²) in [5, 5.41) is 13.1. The van der Waals surface area contributed by atoms with Crippen LogP contribution in [0.25, 0.3) is 0 Å². The van der Waals surface area contributed by atoms with Crippen molar-refractivity contribution in [1.29, 1.82) is 5.26 Å². The summed E-state index contributed by atoms with van der Waals surface area (Å²) in [7, 11) is 0. The van der Waals surface area contributed by atoms with Crippen LogP contribution in [-0.2, 0) is 14.4 Å². The largest absolute Gasteiger partial charge is 0.351 e. The van der Waals surface area contributed by atoms with Crippen molar-refractivity contribution in [2.24, 2.45) is 33.5 Å². The number of nitriles is 1. The van der Waals surface area contributed by atoms with Gasteiger partial charge in [-0.1, -0.05) is 73.5 Å². The maximum Gasteiger partial charge on any atom is 0.217 e. The number of carbonyl (C=O) groups excluding carboxylic acids is 3. The summed E-state index contributed by atoms with van der Waals surface area (Å²) < 4.78 is 0. The lowest BCUT2D eigenvalue weighted by Crippen LogP contribution is -2.53. The third kappa shape index (κ3) is 6.93. The van der Waals surface area contributed by atoms with Crippen molar-refractivity contribution in [2.45, 2.75) is 133 Å². The highest BCUT2D eigenvalue weighted by Crippen LogP contribution is 2.65. The van der Waals surface area contributed by atoms with Gasteiger partial charge in [-0.25, -0.2) is 0 Å². The van der Waals surface area contributed by atoms with Crippen LogP contribution in [0.15, 0.2) is 23.3 Å². The summed E-state index contributed by atoms with van der Waals surface area (Å²) in [6.07, 6.45) is 11.3. The minimum atomic E-state index is -0.542. The van der Waals surface area contributed by atoms with Gasteiger partial charge in [0, 0.05) is 23.8 Å². The Kier molecular flexibility index (Phi) is 9.91. The summed E-state index contributed by atoms with van der Waals surface area (Å²) in [6, 6.07) is 2.14. The quantitative estimate of drug-likeness (QED) is 0.271. The Hall–Kier alpha value is -2.22. The first-order valence-electron chi connectivity index (χ1n) is 15.0. The molecule has 218 valence electrons. The minimum Gasteiger partial charge on any atom is -0.351 e. The van der Waals surface area contributed by atoms with Crippen LogP contribution >= 0.6 is 0 Å². The molecule has 0 bridgehead atoms. The Balaban J connectivity index is 2.48. The van der Waals surface area contributed by atoms with Crippen LogP contribution < -0.4 is 5.32 Å². The molecule has 0 radical (unpaired) electrons. The molecular formula is C34H54N2O3. The number of amides is 1. The maximum atomic E-state index is 12.9. The molecule has 0 aliphatic heterocycles. The number of allylic oxidation sites excluding steroid dienone is 4. The zero-order chi connectivity index (χ0) is 30.0. The van der Waals surface area contributed by atoms with E-state index in [4.69, 9.17) is 0 Å². The van der Waals surface area contributed by atoms with Crippen LogP contribution in [0, 0.1) is 44.8 Å². The fourth-order valence-electron chi connectivity index (χ4n) is 7.69. The molecule has 1 saturated carbocycles. The molecule has 39 heavy (non-hydrogen) atoms. The molecule has 1 fully saturated rings. The molecular weight excluding hydrogens is 484 g/mol. The van der Waals surface area contributed by atoms with Gasteiger partial charge in [0.1, 0.15) is 6.07 Å². The SMILES string of the molecule is CCCC(C)(C)CC[C@@](C)(CCC(C)(C)[C@]1(C)CC[C@H]2[C@H](C)C(=O)C(C#N)=C[C@]2(C)/C1=C/C(C)=O)NC(C)=O. The lowest BCUT2D eigenvalue weighted by Gasteiger charge is -2.59. The second kappa shape index (κ2) is 11.7. The van der Waals surface area contributed by atoms with Crippen molar-refractivity contribution in [3.63, 3.8) is 0 Å². The molecule has 0 spiro atoms. The van der Waals surface area contributed by atoms with E-state index in [0.717, 1.165) is 56.9 Å². The fraction of sp³-hybridized carbons (Fsp3) is 0.765. The van der Waals surface area contributed by atoms with Gasteiger partial charge >= 0.3 is 0 Å². The molecule has 2 rings (SSSR count). The Labute approximate surface area is 238 Å². The number of Topliss-reactive ketones (excluding diaryl/α,β-unsaturated/α-hetero) is 1. The van der Waals surface area contributed by atoms with Gasteiger partial charge in [-0.3, -0.25) is 14.4 Å². The van der Waals surface area contributed by atoms with Gasteiger partial charge in [-0.2, -0.15) is 5.26 Å². The summed E-state index contributed by atoms with van der Waals surface area (Å²) in [5.74, 6) is -0.294. The summed E-state index contributed by atoms with van der Waals surface area (Å²) in [5.41, 5.74) is 0.0910. The Bertz CT molecular complexity index is 1070. The minimum absolute atomic E-state index is 0.00460. The normalized spacial score (nSPS) is 30.2. The van der Waals surface area contributed by atoms with Crippen LogP contribution in [0.5, 0.6) is 0 Å². The molecule has 0 aromatic rings. The zero-order valence-corrected chi connectivity index (χ0v) is 26.6. The highest BCUT2D eigenvalue weighted by atomic mass is 16.1. The van der Waals surface area contributed by atoms with E-state index in [1.54, 1.807) is 19.9 Å². The maximum absolute atomic E-state index is 12.9. The third-order valence-corrected chi connectivity index (χ3v) is 10.6. The van der Waals surface area contributed by atoms with E-state index in [1.165, 1.54) is 0 Å². The molecule has 5 nitrogen and oxygen atoms in total. The zero-order valence-electron chi connectivity index (χ0n) is 26.6. The molecule has 2 aliphatic carbocycles. The lowest BCUT2D eigenvalue weighted by atomic mass is 9.44. The first-order chi connectivity index (χ1) is 17.8. The molecule has 0 saturated heterocycles. The van der Waals surface area contributed by atoms with Gasteiger partial charge in [0.25, 0.3) is 0 Å². The number of nitrogens with one attached hydrogen (secondary N) is 1. The van der Waals surface area contributed by atoms with Crippen LogP contribution in [0.3, 0.4) is 0 Å². The van der Waals surface area contributed by atoms with Crippen LogP contribution in [0.2, 0.25) is 0 Å². The highest BCUT2D eigenvalue weighted by molar-refractivity contribution is 6.02. The van der Waals surface area contributed by atoms with Crippen molar-refractivity contribution in [1.82, 2.24) is 5.32 Å². The molecule has 2 aliphatic rings. The second-order valence-corrected chi connectivity index (χ2v) is 14.8. The molecule has 0 aromatic heterocycles. The van der Waals surface area contributed by atoms with Crippen molar-refractivity contribution in [3.8, 4) is 6.07 Å². The van der Waals surface area contributed by atoms with E-state index >= 15 is 0 Å². The standard InChI is InChI=1S/C34H54N2O3/c1-12-14-30(5,6)16-18-32(9,36-25(4)38)19-17-31(7,8)34(11)15-13-27-24(3)29(39)26(22-35)21-33(27,10)28(34)20-23(2)37/h20-21,24,27H,12-19H2,1-11H3,(H,36,38)/b28-20-/t24-,27-,32-,33-,34+/m0/s1. The Morgan fingerprint density at radius 2 is 1.67 bits per heavy atom. The number of ketones is 2. The second-order valence-electron chi connectivity index (χ2n) is 14.8. The van der Waals surface area contributed by atoms with E-state index in [1.807, 2.05) is 13.0 Å². The molecule has 0 aromatic carbocycles. The van der Waals surface area contributed by atoms with Crippen LogP contribution in [0.1, 0.15) is 128 Å². The van der Waals surface area contributed by atoms with Gasteiger partial charge in [0.15, 0.2) is 11.6 Å². The first kappa shape index (κ1) is 33.0. The van der Waals surface area contributed by atoms with Crippen LogP contribution in [0.4, 0.5) is 0 Å². The molecule has 0 unspecified atom stereocenters. The van der Waals surface area contributed by atoms with E-state index in [2.05, 4.69) is 66.8 Å². The van der Waals surface area contributed by atoms with Crippen molar-refractivity contribution < 1.29 is 14.4 Å². The number of nitrogens with zero attached hydrogens (tertiary/aromatic N) is 1. The topological polar surface area (TPSA) is 87.0 Å². The summed E-state index contributed by atoms with van der Waals surface area (Å²) in [6.45, 7) is 23.1. The third-order valence-electron chi connectivity index (χ3n) is 10.6. The van der Waals surface area contributed by atoms with Gasteiger partial charge in [-0.05, 0) is 87.0 Å². The van der Waals surface area contributed by atoms with E-state index in [0.29, 0.717) is 0 Å². The number of carbonyl (C=O) groups is 3. The number of rotatable bonds is 11. The molecule has 5 heteroatoms. The Morgan fingerprint density at radius 3 is 2.18 bits per heavy atom. The van der Waals surface area contributed by atoms with Gasteiger partial charge in [0.2, 0.25) is 5.91 Å². The van der Waals surface area contributed by atoms with E-state index in [-0.39, 0.29) is 56.7 Å². The predicted octanol–water partition coefficient (Wildman–Crippen LogP) is 7.90. The molecule has 1 amide bonds. The van der Waals surface area contributed by atoms with Crippen LogP contribution in [-0.4, -0.2) is 23.0 Å². The molecule has 5 atom stereocenters. The predicted molar refractivity (Wildman–Crippen MR) is 159 cm³/mol. The smallest absolute Gasteiger partial charge is 0.217 e. The molecule has 0 heterocycles. The van der Waals surface area contributed by atoms with Gasteiger partial charge < -0.3 is 5.32 Å². The fourth-order valence-corrected chi connectivity index (χ4v) is 7.69. The van der Waals surface area contributed by atoms with Gasteiger partial charge in [-0.15, -0.1) is 0 Å². The number of fused-ring (bicyclic) bond motifs is 1. The average Bonchev–Trinajstić information content (AvgIpc) is 2.81. The van der Waals surface area contributed by atoms with Crippen molar-refractivity contribution >= 4 is 17.5 Å². The van der Waals surface area contributed by atoms with E-state index in [9.17, 15) is 19.6 Å². The number of hydrogen-bond acceptors (Lipinski definition) is 4. The average molecular weight is 539 g/mol. The summed E-state index contributed by atoms with van der Waals surface area (Å²) in [4.78, 5) is 37.8. The first-order valence-corrected chi connectivity index (χ1v) is 15.0. The number of hydrogen-bond donors (Lipinski definition) is 1.